The number of anilines is 1. The molecule has 2 aromatic carbocycles. The number of amides is 4. The van der Waals surface area contributed by atoms with Gasteiger partial charge in [0.1, 0.15) is 6.33 Å². The van der Waals surface area contributed by atoms with Crippen LogP contribution in [0.5, 0.6) is 0 Å². The van der Waals surface area contributed by atoms with Crippen LogP contribution in [0.1, 0.15) is 36.6 Å². The number of carbonyl (C=O) groups excluding carboxylic acids is 3. The molecule has 4 amide bonds. The van der Waals surface area contributed by atoms with Crippen LogP contribution in [0, 0.1) is 5.92 Å². The molecule has 244 valence electrons. The molecule has 1 fully saturated rings. The third-order valence-corrected chi connectivity index (χ3v) is 7.95. The molecule has 5 rings (SSSR count). The van der Waals surface area contributed by atoms with Gasteiger partial charge in [-0.15, -0.1) is 5.10 Å². The number of rotatable bonds is 9. The van der Waals surface area contributed by atoms with Crippen LogP contribution in [0.2, 0.25) is 5.02 Å². The van der Waals surface area contributed by atoms with E-state index in [9.17, 15) is 19.2 Å². The second kappa shape index (κ2) is 15.1. The Hall–Kier alpha value is -5.57. The molecule has 1 aliphatic heterocycles. The highest BCUT2D eigenvalue weighted by Gasteiger charge is 2.28. The Kier molecular flexibility index (Phi) is 10.6. The molecule has 4 aromatic rings. The summed E-state index contributed by atoms with van der Waals surface area (Å²) in [5.41, 5.74) is 2.64. The summed E-state index contributed by atoms with van der Waals surface area (Å²) >= 11 is 6.24. The van der Waals surface area contributed by atoms with Crippen molar-refractivity contribution in [3.8, 4) is 16.8 Å². The van der Waals surface area contributed by atoms with E-state index in [4.69, 9.17) is 11.6 Å². The van der Waals surface area contributed by atoms with Crippen LogP contribution in [-0.4, -0.2) is 80.6 Å². The summed E-state index contributed by atoms with van der Waals surface area (Å²) in [7, 11) is 2.86. The normalized spacial score (nSPS) is 15.2. The van der Waals surface area contributed by atoms with Crippen LogP contribution >= 0.6 is 11.6 Å². The van der Waals surface area contributed by atoms with Gasteiger partial charge in [-0.1, -0.05) is 23.7 Å². The summed E-state index contributed by atoms with van der Waals surface area (Å²) < 4.78 is 6.09. The molecule has 2 atom stereocenters. The number of hydrogen-bond donors (Lipinski definition) is 4. The Balaban J connectivity index is 1.42. The fourth-order valence-corrected chi connectivity index (χ4v) is 5.61. The predicted octanol–water partition coefficient (Wildman–Crippen LogP) is 3.56. The molecule has 47 heavy (non-hydrogen) atoms. The van der Waals surface area contributed by atoms with Crippen molar-refractivity contribution in [1.82, 2.24) is 45.9 Å². The van der Waals surface area contributed by atoms with Crippen LogP contribution in [-0.2, 0) is 9.53 Å². The van der Waals surface area contributed by atoms with Gasteiger partial charge in [-0.05, 0) is 83.6 Å². The van der Waals surface area contributed by atoms with Crippen molar-refractivity contribution in [2.24, 2.45) is 5.92 Å². The maximum Gasteiger partial charge on any atom is 0.411 e. The number of halogens is 1. The van der Waals surface area contributed by atoms with Gasteiger partial charge in [0.05, 0.1) is 30.1 Å². The standard InChI is InChI=1S/C31H33ClN10O5/c1-33-30(45)41-13-3-4-19(17-41)14-25(36-28(43)12-7-21-15-22(32)8-11-27(21)42-18-34-39-40-42)26-16-24(29(44)38-37-26)20-5-9-23(10-6-20)35-31(46)47-2/h5-12,15-16,18-19,25H,3-4,13-14,17H2,1-2H3,(H,33,45)(H,35,46)(H,36,43)(H,38,44)/b12-7+/t19-,25?/m0/s1. The Bertz CT molecular complexity index is 1810. The summed E-state index contributed by atoms with van der Waals surface area (Å²) in [4.78, 5) is 52.0. The number of methoxy groups -OCH3 is 1. The zero-order valence-corrected chi connectivity index (χ0v) is 26.4. The van der Waals surface area contributed by atoms with Crippen LogP contribution < -0.4 is 21.5 Å². The minimum atomic E-state index is -0.617. The zero-order chi connectivity index (χ0) is 33.3. The molecular formula is C31H33ClN10O5. The number of carbonyl (C=O) groups is 3. The number of nitrogens with zero attached hydrogens (tertiary/aromatic N) is 6. The van der Waals surface area contributed by atoms with Crippen molar-refractivity contribution in [3.63, 3.8) is 0 Å². The average molecular weight is 661 g/mol. The van der Waals surface area contributed by atoms with Gasteiger partial charge >= 0.3 is 12.1 Å². The van der Waals surface area contributed by atoms with Gasteiger partial charge in [-0.2, -0.15) is 9.78 Å². The summed E-state index contributed by atoms with van der Waals surface area (Å²) in [6.45, 7) is 1.14. The number of nitrogens with one attached hydrogen (secondary N) is 4. The lowest BCUT2D eigenvalue weighted by atomic mass is 9.89. The van der Waals surface area contributed by atoms with E-state index in [1.807, 2.05) is 0 Å². The van der Waals surface area contributed by atoms with E-state index in [2.05, 4.69) is 46.4 Å². The van der Waals surface area contributed by atoms with E-state index < -0.39 is 23.6 Å². The van der Waals surface area contributed by atoms with Gasteiger partial charge in [-0.3, -0.25) is 14.9 Å². The van der Waals surface area contributed by atoms with Crippen LogP contribution in [0.25, 0.3) is 22.9 Å². The predicted molar refractivity (Wildman–Crippen MR) is 174 cm³/mol. The second-order valence-electron chi connectivity index (χ2n) is 10.8. The second-order valence-corrected chi connectivity index (χ2v) is 11.3. The lowest BCUT2D eigenvalue weighted by molar-refractivity contribution is -0.117. The van der Waals surface area contributed by atoms with Gasteiger partial charge in [0.15, 0.2) is 0 Å². The summed E-state index contributed by atoms with van der Waals surface area (Å²) in [6.07, 6.45) is 5.92. The van der Waals surface area contributed by atoms with Crippen molar-refractivity contribution < 1.29 is 19.1 Å². The quantitative estimate of drug-likeness (QED) is 0.195. The third-order valence-electron chi connectivity index (χ3n) is 7.71. The molecule has 15 nitrogen and oxygen atoms in total. The molecule has 0 saturated carbocycles. The molecule has 1 aliphatic rings. The van der Waals surface area contributed by atoms with Gasteiger partial charge in [-0.25, -0.2) is 14.7 Å². The van der Waals surface area contributed by atoms with Crippen LogP contribution in [0.4, 0.5) is 15.3 Å². The molecule has 3 heterocycles. The number of tetrazole rings is 1. The molecule has 16 heteroatoms. The molecule has 0 aliphatic carbocycles. The van der Waals surface area contributed by atoms with Gasteiger partial charge < -0.3 is 20.3 Å². The lowest BCUT2D eigenvalue weighted by Gasteiger charge is -2.34. The smallest absolute Gasteiger partial charge is 0.411 e. The number of benzene rings is 2. The van der Waals surface area contributed by atoms with Gasteiger partial charge in [0, 0.05) is 42.5 Å². The zero-order valence-electron chi connectivity index (χ0n) is 25.6. The summed E-state index contributed by atoms with van der Waals surface area (Å²) in [6, 6.07) is 12.7. The number of urea groups is 1. The van der Waals surface area contributed by atoms with Crippen molar-refractivity contribution >= 4 is 41.4 Å². The van der Waals surface area contributed by atoms with E-state index in [0.29, 0.717) is 58.3 Å². The molecule has 1 unspecified atom stereocenters. The van der Waals surface area contributed by atoms with Crippen LogP contribution in [0.3, 0.4) is 0 Å². The summed E-state index contributed by atoms with van der Waals surface area (Å²) in [5, 5.41) is 26.9. The first-order chi connectivity index (χ1) is 22.7. The Morgan fingerprint density at radius 1 is 1.17 bits per heavy atom. The average Bonchev–Trinajstić information content (AvgIpc) is 3.62. The Morgan fingerprint density at radius 2 is 1.98 bits per heavy atom. The van der Waals surface area contributed by atoms with Gasteiger partial charge in [0.2, 0.25) is 5.91 Å². The summed E-state index contributed by atoms with van der Waals surface area (Å²) in [5.74, 6) is -0.361. The van der Waals surface area contributed by atoms with E-state index in [1.54, 1.807) is 66.6 Å². The first-order valence-corrected chi connectivity index (χ1v) is 15.1. The molecule has 1 saturated heterocycles. The molecule has 4 N–H and O–H groups in total. The molecule has 0 bridgehead atoms. The first-order valence-electron chi connectivity index (χ1n) is 14.8. The molecule has 0 spiro atoms. The van der Waals surface area contributed by atoms with Crippen molar-refractivity contribution in [2.45, 2.75) is 25.3 Å². The Labute approximate surface area is 274 Å². The molecule has 2 aromatic heterocycles. The number of hydrogen-bond acceptors (Lipinski definition) is 9. The van der Waals surface area contributed by atoms with Gasteiger partial charge in [0.25, 0.3) is 5.56 Å². The first kappa shape index (κ1) is 32.8. The fraction of sp³-hybridized carbons (Fsp3) is 0.290. The highest BCUT2D eigenvalue weighted by Crippen LogP contribution is 2.29. The number of likely N-dealkylation sites (tertiary alicyclic amines) is 1. The molecule has 0 radical (unpaired) electrons. The number of ether oxygens (including phenoxy) is 1. The van der Waals surface area contributed by atoms with Crippen molar-refractivity contribution in [3.05, 3.63) is 87.6 Å². The van der Waals surface area contributed by atoms with E-state index in [-0.39, 0.29) is 11.9 Å². The van der Waals surface area contributed by atoms with Crippen molar-refractivity contribution in [1.29, 1.82) is 0 Å². The van der Waals surface area contributed by atoms with E-state index >= 15 is 0 Å². The largest absolute Gasteiger partial charge is 0.453 e. The van der Waals surface area contributed by atoms with E-state index in [0.717, 1.165) is 12.8 Å². The number of aromatic nitrogens is 6. The lowest BCUT2D eigenvalue weighted by Crippen LogP contribution is -2.45. The topological polar surface area (TPSA) is 189 Å². The highest BCUT2D eigenvalue weighted by atomic mass is 35.5. The van der Waals surface area contributed by atoms with Crippen molar-refractivity contribution in [2.75, 3.05) is 32.6 Å². The fourth-order valence-electron chi connectivity index (χ4n) is 5.43. The highest BCUT2D eigenvalue weighted by molar-refractivity contribution is 6.30. The minimum absolute atomic E-state index is 0.0514. The minimum Gasteiger partial charge on any atom is -0.453 e. The maximum atomic E-state index is 13.4. The van der Waals surface area contributed by atoms with E-state index in [1.165, 1.54) is 24.2 Å². The SMILES string of the molecule is CNC(=O)N1CCC[C@@H](CC(NC(=O)/C=C/c2cc(Cl)ccc2-n2cnnn2)c2cc(-c3ccc(NC(=O)OC)cc3)c(=O)[nH]n2)C1. The Morgan fingerprint density at radius 3 is 2.70 bits per heavy atom. The van der Waals surface area contributed by atoms with Crippen LogP contribution in [0.15, 0.2) is 65.7 Å². The number of H-pyrrole nitrogens is 1. The maximum absolute atomic E-state index is 13.4. The monoisotopic (exact) mass is 660 g/mol. The number of piperidine rings is 1. The number of aromatic amines is 1. The third kappa shape index (κ3) is 8.38. The molecular weight excluding hydrogens is 628 g/mol.